The maximum atomic E-state index is 4.50. The molecule has 11 heteroatoms. The summed E-state index contributed by atoms with van der Waals surface area (Å²) < 4.78 is 1.62. The van der Waals surface area contributed by atoms with Crippen LogP contribution in [0.25, 0.3) is 0 Å². The quantitative estimate of drug-likeness (QED) is 0.231. The summed E-state index contributed by atoms with van der Waals surface area (Å²) in [6.07, 6.45) is 0. The number of hydrogen-bond acceptors (Lipinski definition) is 11. The van der Waals surface area contributed by atoms with Crippen molar-refractivity contribution < 1.29 is 0 Å². The molecule has 2 aromatic carbocycles. The first-order valence-corrected chi connectivity index (χ1v) is 11.7. The van der Waals surface area contributed by atoms with Crippen molar-refractivity contribution >= 4 is 111 Å². The van der Waals surface area contributed by atoms with E-state index >= 15 is 0 Å². The van der Waals surface area contributed by atoms with Crippen LogP contribution in [0.2, 0.25) is 0 Å². The highest BCUT2D eigenvalue weighted by Crippen LogP contribution is 2.43. The van der Waals surface area contributed by atoms with E-state index in [1.165, 1.54) is 34.9 Å². The molecule has 0 spiro atoms. The normalized spacial score (nSPS) is 11.1. The summed E-state index contributed by atoms with van der Waals surface area (Å²) in [7, 11) is 0. The van der Waals surface area contributed by atoms with E-state index in [1.54, 1.807) is 0 Å². The van der Waals surface area contributed by atoms with Crippen molar-refractivity contribution in [2.45, 2.75) is 47.8 Å². The van der Waals surface area contributed by atoms with Crippen molar-refractivity contribution in [2.24, 2.45) is 0 Å². The average molecular weight is 495 g/mol. The van der Waals surface area contributed by atoms with Gasteiger partial charge < -0.3 is 0 Å². The summed E-state index contributed by atoms with van der Waals surface area (Å²) in [4.78, 5) is 6.75. The van der Waals surface area contributed by atoms with Gasteiger partial charge in [-0.15, -0.1) is 86.0 Å². The highest BCUT2D eigenvalue weighted by Gasteiger charge is 2.14. The van der Waals surface area contributed by atoms with Gasteiger partial charge in [0.1, 0.15) is 0 Å². The second kappa shape index (κ2) is 8.87. The van der Waals surface area contributed by atoms with E-state index in [-0.39, 0.29) is 0 Å². The Kier molecular flexibility index (Phi) is 7.28. The minimum atomic E-state index is 0.812. The molecular weight excluding hydrogens is 485 g/mol. The van der Waals surface area contributed by atoms with Crippen LogP contribution in [0.3, 0.4) is 0 Å². The van der Waals surface area contributed by atoms with Gasteiger partial charge >= 0.3 is 0 Å². The van der Waals surface area contributed by atoms with Crippen molar-refractivity contribution in [3.63, 3.8) is 0 Å². The van der Waals surface area contributed by atoms with Crippen LogP contribution >= 0.6 is 111 Å². The molecule has 1 aromatic heterocycles. The summed E-state index contributed by atoms with van der Waals surface area (Å²) in [5.41, 5.74) is 0. The highest BCUT2D eigenvalue weighted by molar-refractivity contribution is 8.04. The molecule has 0 saturated carbocycles. The molecule has 3 aromatic rings. The van der Waals surface area contributed by atoms with Crippen LogP contribution in [-0.2, 0) is 0 Å². The van der Waals surface area contributed by atoms with Crippen molar-refractivity contribution in [3.8, 4) is 0 Å². The molecule has 0 aliphatic carbocycles. The van der Waals surface area contributed by atoms with Gasteiger partial charge in [0.25, 0.3) is 0 Å². The smallest absolute Gasteiger partial charge is 0.143 e. The fourth-order valence-corrected chi connectivity index (χ4v) is 7.46. The zero-order valence-electron chi connectivity index (χ0n) is 12.1. The van der Waals surface area contributed by atoms with E-state index in [0.29, 0.717) is 0 Å². The Morgan fingerprint density at radius 1 is 0.600 bits per heavy atom. The van der Waals surface area contributed by atoms with Crippen LogP contribution in [0.4, 0.5) is 0 Å². The second-order valence-corrected chi connectivity index (χ2v) is 11.1. The molecule has 0 aliphatic heterocycles. The van der Waals surface area contributed by atoms with Crippen molar-refractivity contribution in [3.05, 3.63) is 24.3 Å². The molecule has 0 atom stereocenters. The molecule has 0 fully saturated rings. The molecule has 0 bridgehead atoms. The van der Waals surface area contributed by atoms with Gasteiger partial charge in [0, 0.05) is 39.2 Å². The molecule has 0 unspecified atom stereocenters. The van der Waals surface area contributed by atoms with Gasteiger partial charge in [0.2, 0.25) is 0 Å². The maximum Gasteiger partial charge on any atom is 0.179 e. The summed E-state index contributed by atoms with van der Waals surface area (Å²) in [6, 6.07) is 7.52. The van der Waals surface area contributed by atoms with E-state index in [2.05, 4.69) is 86.0 Å². The zero-order chi connectivity index (χ0) is 18.1. The molecule has 130 valence electrons. The van der Waals surface area contributed by atoms with Crippen LogP contribution in [0.1, 0.15) is 0 Å². The van der Waals surface area contributed by atoms with E-state index < -0.39 is 0 Å². The minimum absolute atomic E-state index is 0.812. The molecule has 0 aliphatic rings. The lowest BCUT2D eigenvalue weighted by molar-refractivity contribution is 0.948. The Morgan fingerprint density at radius 3 is 1.24 bits per heavy atom. The number of aromatic nitrogens is 2. The fourth-order valence-electron chi connectivity index (χ4n) is 1.83. The molecule has 2 nitrogen and oxygen atoms in total. The van der Waals surface area contributed by atoms with Crippen molar-refractivity contribution in [1.82, 2.24) is 10.2 Å². The lowest BCUT2D eigenvalue weighted by atomic mass is 10.3. The molecule has 0 N–H and O–H groups in total. The lowest BCUT2D eigenvalue weighted by Gasteiger charge is -2.07. The summed E-state index contributed by atoms with van der Waals surface area (Å²) in [6.45, 7) is 0. The Morgan fingerprint density at radius 2 is 0.920 bits per heavy atom. The fraction of sp³-hybridized carbons (Fsp3) is 0. The van der Waals surface area contributed by atoms with Crippen LogP contribution in [0.15, 0.2) is 72.1 Å². The number of hydrogen-bond donors (Lipinski definition) is 6. The van der Waals surface area contributed by atoms with E-state index in [4.69, 9.17) is 0 Å². The molecule has 0 radical (unpaired) electrons. The Labute approximate surface area is 191 Å². The van der Waals surface area contributed by atoms with Gasteiger partial charge in [0.15, 0.2) is 8.68 Å². The first-order valence-electron chi connectivity index (χ1n) is 6.52. The standard InChI is InChI=1S/C14H10N2S9/c17-5-1-7(19)11(8(20)2-5)23-13-15-16-14(25-13)24-12-9(21)3-6(18)4-10(12)22/h1-4,17-22H. The molecule has 1 heterocycles. The van der Waals surface area contributed by atoms with Gasteiger partial charge in [-0.05, 0) is 24.3 Å². The van der Waals surface area contributed by atoms with Crippen molar-refractivity contribution in [1.29, 1.82) is 0 Å². The molecule has 25 heavy (non-hydrogen) atoms. The Bertz CT molecular complexity index is 818. The minimum Gasteiger partial charge on any atom is -0.143 e. The number of thiol groups is 6. The largest absolute Gasteiger partial charge is 0.179 e. The topological polar surface area (TPSA) is 25.8 Å². The number of rotatable bonds is 4. The molecule has 0 saturated heterocycles. The molecule has 3 rings (SSSR count). The van der Waals surface area contributed by atoms with Crippen LogP contribution in [0.5, 0.6) is 0 Å². The predicted molar refractivity (Wildman–Crippen MR) is 125 cm³/mol. The molecular formula is C14H10N2S9. The van der Waals surface area contributed by atoms with Gasteiger partial charge in [-0.3, -0.25) is 0 Å². The summed E-state index contributed by atoms with van der Waals surface area (Å²) in [5, 5.41) is 8.50. The van der Waals surface area contributed by atoms with Crippen LogP contribution in [-0.4, -0.2) is 10.2 Å². The first-order chi connectivity index (χ1) is 11.8. The predicted octanol–water partition coefficient (Wildman–Crippen LogP) is 6.57. The number of nitrogens with zero attached hydrogens (tertiary/aromatic N) is 2. The van der Waals surface area contributed by atoms with Crippen LogP contribution < -0.4 is 0 Å². The zero-order valence-corrected chi connectivity index (χ0v) is 19.9. The monoisotopic (exact) mass is 494 g/mol. The van der Waals surface area contributed by atoms with Gasteiger partial charge in [-0.2, -0.15) is 0 Å². The summed E-state index contributed by atoms with van der Waals surface area (Å²) >= 11 is 31.1. The van der Waals surface area contributed by atoms with Crippen LogP contribution in [0, 0.1) is 0 Å². The average Bonchev–Trinajstić information content (AvgIpc) is 2.94. The Hall–Kier alpha value is 0.800. The highest BCUT2D eigenvalue weighted by atomic mass is 32.2. The van der Waals surface area contributed by atoms with Gasteiger partial charge in [-0.25, -0.2) is 0 Å². The third-order valence-electron chi connectivity index (χ3n) is 2.84. The van der Waals surface area contributed by atoms with Crippen molar-refractivity contribution in [2.75, 3.05) is 0 Å². The third kappa shape index (κ3) is 5.20. The molecule has 0 amide bonds. The van der Waals surface area contributed by atoms with E-state index in [0.717, 1.165) is 47.8 Å². The van der Waals surface area contributed by atoms with E-state index in [1.807, 2.05) is 24.3 Å². The summed E-state index contributed by atoms with van der Waals surface area (Å²) in [5.74, 6) is 0. The lowest BCUT2D eigenvalue weighted by Crippen LogP contribution is -1.81. The maximum absolute atomic E-state index is 4.50. The first kappa shape index (κ1) is 20.5. The number of benzene rings is 2. The SMILES string of the molecule is Sc1cc(S)c(Sc2nnc(Sc3c(S)cc(S)cc3S)s2)c(S)c1. The van der Waals surface area contributed by atoms with Gasteiger partial charge in [-0.1, -0.05) is 34.9 Å². The second-order valence-electron chi connectivity index (χ2n) is 4.66. The third-order valence-corrected chi connectivity index (χ3v) is 8.68. The Balaban J connectivity index is 1.82. The van der Waals surface area contributed by atoms with E-state index in [9.17, 15) is 0 Å². The van der Waals surface area contributed by atoms with Gasteiger partial charge in [0.05, 0.1) is 0 Å².